The maximum Gasteiger partial charge on any atom is 0.235 e. The molecule has 0 saturated heterocycles. The van der Waals surface area contributed by atoms with Gasteiger partial charge in [-0.2, -0.15) is 0 Å². The molecule has 0 radical (unpaired) electrons. The zero-order valence-corrected chi connectivity index (χ0v) is 15.7. The first-order chi connectivity index (χ1) is 13.5. The van der Waals surface area contributed by atoms with Gasteiger partial charge in [-0.1, -0.05) is 13.3 Å². The highest BCUT2D eigenvalue weighted by molar-refractivity contribution is 6.16. The summed E-state index contributed by atoms with van der Waals surface area (Å²) in [5.74, 6) is 0.116. The quantitative estimate of drug-likeness (QED) is 0.639. The molecule has 144 valence electrons. The molecule has 2 N–H and O–H groups in total. The van der Waals surface area contributed by atoms with Crippen LogP contribution < -0.4 is 9.47 Å². The van der Waals surface area contributed by atoms with Crippen LogP contribution in [0.15, 0.2) is 42.3 Å². The number of aromatic nitrogens is 1. The Hall–Kier alpha value is -3.41. The number of hydrogen-bond acceptors (Lipinski definition) is 5. The van der Waals surface area contributed by atoms with Crippen molar-refractivity contribution in [3.8, 4) is 23.0 Å². The zero-order valence-electron chi connectivity index (χ0n) is 15.7. The Morgan fingerprint density at radius 2 is 2.04 bits per heavy atom. The van der Waals surface area contributed by atoms with Gasteiger partial charge in [0.2, 0.25) is 5.78 Å². The third-order valence-corrected chi connectivity index (χ3v) is 4.90. The summed E-state index contributed by atoms with van der Waals surface area (Å²) in [5, 5.41) is 20.6. The predicted molar refractivity (Wildman–Crippen MR) is 106 cm³/mol. The van der Waals surface area contributed by atoms with Gasteiger partial charge >= 0.3 is 0 Å². The number of methoxy groups -OCH3 is 1. The summed E-state index contributed by atoms with van der Waals surface area (Å²) in [5.41, 5.74) is 1.94. The Morgan fingerprint density at radius 3 is 2.79 bits per heavy atom. The first-order valence-corrected chi connectivity index (χ1v) is 9.19. The Labute approximate surface area is 162 Å². The zero-order chi connectivity index (χ0) is 19.8. The van der Waals surface area contributed by atoms with E-state index in [2.05, 4.69) is 11.5 Å². The van der Waals surface area contributed by atoms with Gasteiger partial charge in [-0.25, -0.2) is 0 Å². The van der Waals surface area contributed by atoms with Gasteiger partial charge in [0, 0.05) is 41.3 Å². The predicted octanol–water partition coefficient (Wildman–Crippen LogP) is 4.48. The summed E-state index contributed by atoms with van der Waals surface area (Å²) in [6.07, 6.45) is 5.78. The second-order valence-electron chi connectivity index (χ2n) is 6.79. The van der Waals surface area contributed by atoms with Gasteiger partial charge in [-0.15, -0.1) is 0 Å². The topological polar surface area (TPSA) is 80.9 Å². The fourth-order valence-corrected chi connectivity index (χ4v) is 3.48. The van der Waals surface area contributed by atoms with E-state index in [1.54, 1.807) is 13.2 Å². The van der Waals surface area contributed by atoms with Crippen LogP contribution in [0.3, 0.4) is 0 Å². The molecule has 1 aromatic heterocycles. The Morgan fingerprint density at radius 1 is 1.21 bits per heavy atom. The van der Waals surface area contributed by atoms with E-state index in [1.165, 1.54) is 6.07 Å². The van der Waals surface area contributed by atoms with Crippen molar-refractivity contribution in [3.63, 3.8) is 0 Å². The van der Waals surface area contributed by atoms with Gasteiger partial charge in [0.1, 0.15) is 28.6 Å². The number of nitrogens with zero attached hydrogens (tertiary/aromatic N) is 1. The normalized spacial score (nSPS) is 14.5. The number of carbonyl (C=O) groups excluding carboxylic acids is 1. The van der Waals surface area contributed by atoms with E-state index < -0.39 is 5.78 Å². The molecule has 0 saturated carbocycles. The van der Waals surface area contributed by atoms with Crippen LogP contribution in [0.5, 0.6) is 23.0 Å². The molecule has 4 rings (SSSR count). The van der Waals surface area contributed by atoms with Gasteiger partial charge in [0.25, 0.3) is 0 Å². The Balaban J connectivity index is 1.81. The smallest absolute Gasteiger partial charge is 0.235 e. The average Bonchev–Trinajstić information content (AvgIpc) is 3.17. The number of carbonyl (C=O) groups is 1. The highest BCUT2D eigenvalue weighted by Gasteiger charge is 2.31. The molecule has 2 aromatic carbocycles. The molecule has 0 fully saturated rings. The Bertz CT molecular complexity index is 1110. The molecule has 0 amide bonds. The number of benzene rings is 2. The summed E-state index contributed by atoms with van der Waals surface area (Å²) in [7, 11) is 1.61. The first kappa shape index (κ1) is 18.0. The lowest BCUT2D eigenvalue weighted by atomic mass is 10.1. The lowest BCUT2D eigenvalue weighted by molar-refractivity contribution is 0.101. The minimum atomic E-state index is -0.412. The summed E-state index contributed by atoms with van der Waals surface area (Å²) in [6.45, 7) is 3.01. The number of phenolic OH excluding ortho intramolecular Hbond substituents is 2. The lowest BCUT2D eigenvalue weighted by Gasteiger charge is -2.04. The number of hydrogen-bond donors (Lipinski definition) is 2. The summed E-state index contributed by atoms with van der Waals surface area (Å²) < 4.78 is 13.1. The molecule has 0 spiro atoms. The number of rotatable bonds is 5. The van der Waals surface area contributed by atoms with Gasteiger partial charge in [-0.3, -0.25) is 4.79 Å². The van der Waals surface area contributed by atoms with Crippen LogP contribution in [-0.2, 0) is 6.54 Å². The highest BCUT2D eigenvalue weighted by Crippen LogP contribution is 2.41. The third kappa shape index (κ3) is 2.97. The highest BCUT2D eigenvalue weighted by atomic mass is 16.5. The average molecular weight is 379 g/mol. The van der Waals surface area contributed by atoms with Crippen molar-refractivity contribution in [1.29, 1.82) is 0 Å². The second-order valence-corrected chi connectivity index (χ2v) is 6.79. The number of Topliss-reactive ketones (excluding diaryl/α,β-unsaturated/α-hetero) is 1. The molecule has 0 bridgehead atoms. The molecule has 0 atom stereocenters. The van der Waals surface area contributed by atoms with E-state index in [9.17, 15) is 15.0 Å². The molecule has 0 aliphatic carbocycles. The number of allylic oxidation sites excluding steroid dienone is 1. The minimum Gasteiger partial charge on any atom is -0.508 e. The molecular formula is C22H21NO5. The van der Waals surface area contributed by atoms with Crippen LogP contribution >= 0.6 is 0 Å². The van der Waals surface area contributed by atoms with Crippen molar-refractivity contribution in [2.45, 2.75) is 26.3 Å². The SMILES string of the molecule is CCCCn1cc(/C=C2\Oc3cc(O)cc(O)c3C2=O)c2cc(OC)ccc21. The largest absolute Gasteiger partial charge is 0.508 e. The number of ketones is 1. The van der Waals surface area contributed by atoms with Gasteiger partial charge < -0.3 is 24.3 Å². The molecule has 28 heavy (non-hydrogen) atoms. The van der Waals surface area contributed by atoms with Gasteiger partial charge in [-0.05, 0) is 30.7 Å². The van der Waals surface area contributed by atoms with Crippen molar-refractivity contribution in [3.05, 3.63) is 53.4 Å². The number of aryl methyl sites for hydroxylation is 1. The molecule has 1 aliphatic rings. The minimum absolute atomic E-state index is 0.0661. The van der Waals surface area contributed by atoms with Crippen molar-refractivity contribution < 1.29 is 24.5 Å². The number of unbranched alkanes of at least 4 members (excludes halogenated alkanes) is 1. The van der Waals surface area contributed by atoms with Crippen LogP contribution in [0.25, 0.3) is 17.0 Å². The molecule has 3 aromatic rings. The van der Waals surface area contributed by atoms with Crippen LogP contribution in [0, 0.1) is 0 Å². The van der Waals surface area contributed by atoms with Crippen LogP contribution in [0.4, 0.5) is 0 Å². The molecule has 0 unspecified atom stereocenters. The van der Waals surface area contributed by atoms with Crippen LogP contribution in [0.2, 0.25) is 0 Å². The molecule has 1 aliphatic heterocycles. The maximum absolute atomic E-state index is 12.7. The standard InChI is InChI=1S/C22H21NO5/c1-3-4-7-23-12-13(16-11-15(27-2)5-6-17(16)23)8-20-22(26)21-18(25)9-14(24)10-19(21)28-20/h5-6,8-12,24-25H,3-4,7H2,1-2H3/b20-8-. The fraction of sp³-hybridized carbons (Fsp3) is 0.227. The second kappa shape index (κ2) is 6.96. The molecular weight excluding hydrogens is 358 g/mol. The van der Waals surface area contributed by atoms with Gasteiger partial charge in [0.15, 0.2) is 5.76 Å². The Kier molecular flexibility index (Phi) is 4.47. The van der Waals surface area contributed by atoms with Crippen molar-refractivity contribution in [2.24, 2.45) is 0 Å². The summed E-state index contributed by atoms with van der Waals surface area (Å²) in [4.78, 5) is 12.7. The molecule has 6 nitrogen and oxygen atoms in total. The lowest BCUT2D eigenvalue weighted by Crippen LogP contribution is -1.98. The maximum atomic E-state index is 12.7. The molecule has 6 heteroatoms. The van der Waals surface area contributed by atoms with Crippen molar-refractivity contribution >= 4 is 22.8 Å². The van der Waals surface area contributed by atoms with Crippen LogP contribution in [-0.4, -0.2) is 27.7 Å². The fourth-order valence-electron chi connectivity index (χ4n) is 3.48. The van der Waals surface area contributed by atoms with Crippen molar-refractivity contribution in [1.82, 2.24) is 4.57 Å². The van der Waals surface area contributed by atoms with Crippen LogP contribution in [0.1, 0.15) is 35.7 Å². The van der Waals surface area contributed by atoms with Gasteiger partial charge in [0.05, 0.1) is 7.11 Å². The van der Waals surface area contributed by atoms with Crippen molar-refractivity contribution in [2.75, 3.05) is 7.11 Å². The number of fused-ring (bicyclic) bond motifs is 2. The van der Waals surface area contributed by atoms with E-state index in [0.29, 0.717) is 0 Å². The van der Waals surface area contributed by atoms with E-state index >= 15 is 0 Å². The summed E-state index contributed by atoms with van der Waals surface area (Å²) in [6, 6.07) is 8.29. The van der Waals surface area contributed by atoms with E-state index in [4.69, 9.17) is 9.47 Å². The first-order valence-electron chi connectivity index (χ1n) is 9.19. The van der Waals surface area contributed by atoms with E-state index in [0.717, 1.165) is 47.7 Å². The van der Waals surface area contributed by atoms with E-state index in [1.807, 2.05) is 24.4 Å². The van der Waals surface area contributed by atoms with E-state index in [-0.39, 0.29) is 28.6 Å². The number of ether oxygens (including phenoxy) is 2. The number of phenols is 2. The molecule has 2 heterocycles. The number of aromatic hydroxyl groups is 2. The summed E-state index contributed by atoms with van der Waals surface area (Å²) >= 11 is 0. The third-order valence-electron chi connectivity index (χ3n) is 4.90. The monoisotopic (exact) mass is 379 g/mol.